The summed E-state index contributed by atoms with van der Waals surface area (Å²) in [5.74, 6) is 0. The molecule has 17 heavy (non-hydrogen) atoms. The molecule has 0 radical (unpaired) electrons. The Bertz CT molecular complexity index is 634. The van der Waals surface area contributed by atoms with Crippen LogP contribution in [0.5, 0.6) is 0 Å². The summed E-state index contributed by atoms with van der Waals surface area (Å²) in [7, 11) is 0. The van der Waals surface area contributed by atoms with Crippen LogP contribution in [-0.4, -0.2) is 14.9 Å². The summed E-state index contributed by atoms with van der Waals surface area (Å²) >= 11 is 0. The minimum absolute atomic E-state index is 0.0241. The lowest BCUT2D eigenvalue weighted by Crippen LogP contribution is -2.11. The van der Waals surface area contributed by atoms with Crippen molar-refractivity contribution in [2.75, 3.05) is 0 Å². The molecule has 2 aromatic rings. The SMILES string of the molecule is Cc1c(-c2cccc([N+](=O)[O-])c2)nc[nH]c1=O. The lowest BCUT2D eigenvalue weighted by atomic mass is 10.1. The summed E-state index contributed by atoms with van der Waals surface area (Å²) in [5, 5.41) is 10.7. The number of nitrogens with zero attached hydrogens (tertiary/aromatic N) is 2. The molecular formula is C11H9N3O3. The van der Waals surface area contributed by atoms with E-state index in [1.165, 1.54) is 18.5 Å². The second-order valence-corrected chi connectivity index (χ2v) is 3.51. The number of non-ortho nitro benzene ring substituents is 1. The largest absolute Gasteiger partial charge is 0.313 e. The molecule has 86 valence electrons. The zero-order valence-electron chi connectivity index (χ0n) is 9.01. The summed E-state index contributed by atoms with van der Waals surface area (Å²) in [5.41, 5.74) is 1.18. The van der Waals surface area contributed by atoms with Gasteiger partial charge in [0, 0.05) is 23.3 Å². The first-order valence-electron chi connectivity index (χ1n) is 4.88. The number of hydrogen-bond acceptors (Lipinski definition) is 4. The lowest BCUT2D eigenvalue weighted by Gasteiger charge is -2.03. The van der Waals surface area contributed by atoms with Gasteiger partial charge in [0.25, 0.3) is 11.2 Å². The van der Waals surface area contributed by atoms with Crippen molar-refractivity contribution < 1.29 is 4.92 Å². The fourth-order valence-corrected chi connectivity index (χ4v) is 1.53. The van der Waals surface area contributed by atoms with E-state index in [2.05, 4.69) is 9.97 Å². The zero-order valence-corrected chi connectivity index (χ0v) is 9.01. The number of nitro groups is 1. The van der Waals surface area contributed by atoms with Gasteiger partial charge in [0.1, 0.15) is 0 Å². The molecule has 0 aliphatic carbocycles. The molecule has 2 rings (SSSR count). The summed E-state index contributed by atoms with van der Waals surface area (Å²) in [4.78, 5) is 28.1. The number of rotatable bonds is 2. The fraction of sp³-hybridized carbons (Fsp3) is 0.0909. The number of hydrogen-bond donors (Lipinski definition) is 1. The van der Waals surface area contributed by atoms with Gasteiger partial charge in [0.15, 0.2) is 0 Å². The molecule has 0 saturated heterocycles. The molecule has 1 N–H and O–H groups in total. The molecule has 0 unspecified atom stereocenters. The first kappa shape index (κ1) is 11.0. The highest BCUT2D eigenvalue weighted by molar-refractivity contribution is 5.64. The Morgan fingerprint density at radius 3 is 2.88 bits per heavy atom. The van der Waals surface area contributed by atoms with Crippen LogP contribution in [-0.2, 0) is 0 Å². The number of benzene rings is 1. The average molecular weight is 231 g/mol. The van der Waals surface area contributed by atoms with Gasteiger partial charge < -0.3 is 4.98 Å². The smallest absolute Gasteiger partial charge is 0.270 e. The van der Waals surface area contributed by atoms with E-state index in [0.717, 1.165) is 0 Å². The van der Waals surface area contributed by atoms with Gasteiger partial charge in [-0.25, -0.2) is 4.98 Å². The number of aromatic amines is 1. The van der Waals surface area contributed by atoms with Crippen LogP contribution in [0.25, 0.3) is 11.3 Å². The van der Waals surface area contributed by atoms with Crippen molar-refractivity contribution in [3.05, 3.63) is 56.6 Å². The van der Waals surface area contributed by atoms with Crippen LogP contribution in [0.2, 0.25) is 0 Å². The molecule has 0 bridgehead atoms. The zero-order chi connectivity index (χ0) is 12.4. The van der Waals surface area contributed by atoms with E-state index in [9.17, 15) is 14.9 Å². The number of nitro benzene ring substituents is 1. The molecule has 0 atom stereocenters. The first-order valence-corrected chi connectivity index (χ1v) is 4.88. The van der Waals surface area contributed by atoms with Crippen molar-refractivity contribution in [2.45, 2.75) is 6.92 Å². The first-order chi connectivity index (χ1) is 8.09. The van der Waals surface area contributed by atoms with Crippen molar-refractivity contribution in [3.63, 3.8) is 0 Å². The molecule has 0 fully saturated rings. The summed E-state index contributed by atoms with van der Waals surface area (Å²) in [6, 6.07) is 6.04. The van der Waals surface area contributed by atoms with Gasteiger partial charge in [-0.2, -0.15) is 0 Å². The van der Waals surface area contributed by atoms with E-state index in [1.807, 2.05) is 0 Å². The summed E-state index contributed by atoms with van der Waals surface area (Å²) < 4.78 is 0. The van der Waals surface area contributed by atoms with Gasteiger partial charge in [0.05, 0.1) is 16.9 Å². The van der Waals surface area contributed by atoms with Crippen LogP contribution < -0.4 is 5.56 Å². The molecule has 6 heteroatoms. The normalized spacial score (nSPS) is 10.2. The Hall–Kier alpha value is -2.50. The molecule has 0 spiro atoms. The molecule has 0 aliphatic heterocycles. The standard InChI is InChI=1S/C11H9N3O3/c1-7-10(12-6-13-11(7)15)8-3-2-4-9(5-8)14(16)17/h2-6H,1H3,(H,12,13,15). The lowest BCUT2D eigenvalue weighted by molar-refractivity contribution is -0.384. The van der Waals surface area contributed by atoms with Crippen molar-refractivity contribution >= 4 is 5.69 Å². The third kappa shape index (κ3) is 2.05. The van der Waals surface area contributed by atoms with Gasteiger partial charge in [0.2, 0.25) is 0 Å². The number of nitrogens with one attached hydrogen (secondary N) is 1. The van der Waals surface area contributed by atoms with Crippen molar-refractivity contribution in [1.82, 2.24) is 9.97 Å². The molecule has 1 aromatic carbocycles. The van der Waals surface area contributed by atoms with Gasteiger partial charge in [-0.3, -0.25) is 14.9 Å². The third-order valence-electron chi connectivity index (χ3n) is 2.42. The maximum Gasteiger partial charge on any atom is 0.270 e. The fourth-order valence-electron chi connectivity index (χ4n) is 1.53. The molecule has 0 amide bonds. The Morgan fingerprint density at radius 1 is 1.41 bits per heavy atom. The Kier molecular flexibility index (Phi) is 2.70. The molecule has 0 saturated carbocycles. The van der Waals surface area contributed by atoms with E-state index in [4.69, 9.17) is 0 Å². The molecule has 0 aliphatic rings. The number of H-pyrrole nitrogens is 1. The van der Waals surface area contributed by atoms with E-state index in [0.29, 0.717) is 16.8 Å². The van der Waals surface area contributed by atoms with E-state index < -0.39 is 4.92 Å². The van der Waals surface area contributed by atoms with Gasteiger partial charge in [-0.1, -0.05) is 12.1 Å². The Balaban J connectivity index is 2.61. The maximum absolute atomic E-state index is 11.4. The van der Waals surface area contributed by atoms with Gasteiger partial charge in [-0.15, -0.1) is 0 Å². The monoisotopic (exact) mass is 231 g/mol. The second-order valence-electron chi connectivity index (χ2n) is 3.51. The Morgan fingerprint density at radius 2 is 2.18 bits per heavy atom. The van der Waals surface area contributed by atoms with Crippen molar-refractivity contribution in [2.24, 2.45) is 0 Å². The molecule has 1 heterocycles. The topological polar surface area (TPSA) is 88.9 Å². The van der Waals surface area contributed by atoms with Crippen LogP contribution in [0.15, 0.2) is 35.4 Å². The van der Waals surface area contributed by atoms with E-state index in [-0.39, 0.29) is 11.2 Å². The van der Waals surface area contributed by atoms with Gasteiger partial charge >= 0.3 is 0 Å². The van der Waals surface area contributed by atoms with E-state index >= 15 is 0 Å². The minimum atomic E-state index is -0.480. The van der Waals surface area contributed by atoms with Crippen LogP contribution in [0.3, 0.4) is 0 Å². The number of aromatic nitrogens is 2. The molecule has 1 aromatic heterocycles. The quantitative estimate of drug-likeness (QED) is 0.628. The Labute approximate surface area is 96.1 Å². The van der Waals surface area contributed by atoms with Crippen molar-refractivity contribution in [3.8, 4) is 11.3 Å². The predicted molar refractivity (Wildman–Crippen MR) is 61.7 cm³/mol. The highest BCUT2D eigenvalue weighted by Crippen LogP contribution is 2.22. The van der Waals surface area contributed by atoms with Gasteiger partial charge in [-0.05, 0) is 6.92 Å². The third-order valence-corrected chi connectivity index (χ3v) is 2.42. The second kappa shape index (κ2) is 4.17. The molecular weight excluding hydrogens is 222 g/mol. The molecule has 6 nitrogen and oxygen atoms in total. The van der Waals surface area contributed by atoms with Crippen LogP contribution >= 0.6 is 0 Å². The minimum Gasteiger partial charge on any atom is -0.313 e. The highest BCUT2D eigenvalue weighted by atomic mass is 16.6. The summed E-state index contributed by atoms with van der Waals surface area (Å²) in [6.07, 6.45) is 1.28. The van der Waals surface area contributed by atoms with E-state index in [1.54, 1.807) is 19.1 Å². The van der Waals surface area contributed by atoms with Crippen LogP contribution in [0.4, 0.5) is 5.69 Å². The predicted octanol–water partition coefficient (Wildman–Crippen LogP) is 1.65. The van der Waals surface area contributed by atoms with Crippen LogP contribution in [0.1, 0.15) is 5.56 Å². The summed E-state index contributed by atoms with van der Waals surface area (Å²) in [6.45, 7) is 1.62. The highest BCUT2D eigenvalue weighted by Gasteiger charge is 2.10. The maximum atomic E-state index is 11.4. The van der Waals surface area contributed by atoms with Crippen molar-refractivity contribution in [1.29, 1.82) is 0 Å². The van der Waals surface area contributed by atoms with Crippen LogP contribution in [0, 0.1) is 17.0 Å². The average Bonchev–Trinajstić information content (AvgIpc) is 2.33.